The van der Waals surface area contributed by atoms with Gasteiger partial charge in [0.15, 0.2) is 11.6 Å². The Bertz CT molecular complexity index is 358. The Morgan fingerprint density at radius 2 is 2.33 bits per heavy atom. The topological polar surface area (TPSA) is 69.5 Å². The predicted molar refractivity (Wildman–Crippen MR) is 50.7 cm³/mol. The molecule has 3 N–H and O–H groups in total. The fraction of sp³-hybridized carbons (Fsp3) is 0.250. The van der Waals surface area contributed by atoms with Crippen LogP contribution in [0.1, 0.15) is 6.92 Å². The Labute approximate surface area is 84.8 Å². The minimum atomic E-state index is -0.810. The first kappa shape index (κ1) is 11.3. The summed E-state index contributed by atoms with van der Waals surface area (Å²) in [6, 6.07) is 0.378. The molecule has 0 spiro atoms. The van der Waals surface area contributed by atoms with Gasteiger partial charge >= 0.3 is 0 Å². The van der Waals surface area contributed by atoms with E-state index in [1.165, 1.54) is 6.21 Å². The van der Waals surface area contributed by atoms with Gasteiger partial charge in [-0.15, -0.1) is 5.16 Å². The van der Waals surface area contributed by atoms with E-state index in [1.54, 1.807) is 6.92 Å². The van der Waals surface area contributed by atoms with Gasteiger partial charge in [0.1, 0.15) is 5.82 Å². The van der Waals surface area contributed by atoms with Gasteiger partial charge in [-0.2, -0.15) is 0 Å². The zero-order chi connectivity index (χ0) is 11.3. The highest BCUT2D eigenvalue weighted by atomic mass is 19.1. The van der Waals surface area contributed by atoms with Crippen molar-refractivity contribution in [1.29, 1.82) is 0 Å². The molecule has 0 fully saturated rings. The number of nitrogens with zero attached hydrogens (tertiary/aromatic N) is 2. The minimum absolute atomic E-state index is 0.130. The SMILES string of the molecule is CC(C=NO)NNc1ncc(F)cc1F. The quantitative estimate of drug-likeness (QED) is 0.401. The average molecular weight is 216 g/mol. The highest BCUT2D eigenvalue weighted by Gasteiger charge is 2.05. The van der Waals surface area contributed by atoms with Crippen LogP contribution in [-0.2, 0) is 0 Å². The molecular formula is C8H10F2N4O. The Balaban J connectivity index is 2.58. The maximum absolute atomic E-state index is 13.0. The molecule has 0 aliphatic carbocycles. The summed E-state index contributed by atoms with van der Waals surface area (Å²) in [5, 5.41) is 11.0. The first-order valence-electron chi connectivity index (χ1n) is 4.13. The Morgan fingerprint density at radius 1 is 1.60 bits per heavy atom. The standard InChI is InChI=1S/C8H10F2N4O/c1-5(3-12-15)13-14-8-7(10)2-6(9)4-11-8/h2-5,13,15H,1H3,(H,11,14). The largest absolute Gasteiger partial charge is 0.411 e. The molecule has 0 radical (unpaired) electrons. The van der Waals surface area contributed by atoms with Crippen LogP contribution in [0.25, 0.3) is 0 Å². The lowest BCUT2D eigenvalue weighted by molar-refractivity contribution is 0.319. The van der Waals surface area contributed by atoms with E-state index in [4.69, 9.17) is 5.21 Å². The second kappa shape index (κ2) is 5.20. The maximum Gasteiger partial charge on any atom is 0.176 e. The van der Waals surface area contributed by atoms with Crippen molar-refractivity contribution in [1.82, 2.24) is 10.4 Å². The second-order valence-corrected chi connectivity index (χ2v) is 2.81. The lowest BCUT2D eigenvalue weighted by Gasteiger charge is -2.10. The van der Waals surface area contributed by atoms with E-state index < -0.39 is 11.6 Å². The van der Waals surface area contributed by atoms with Gasteiger partial charge in [0.2, 0.25) is 0 Å². The van der Waals surface area contributed by atoms with E-state index in [2.05, 4.69) is 21.0 Å². The number of halogens is 2. The van der Waals surface area contributed by atoms with Crippen molar-refractivity contribution in [2.75, 3.05) is 5.43 Å². The number of oxime groups is 1. The molecule has 1 unspecified atom stereocenters. The summed E-state index contributed by atoms with van der Waals surface area (Å²) in [6.07, 6.45) is 2.08. The molecular weight excluding hydrogens is 206 g/mol. The van der Waals surface area contributed by atoms with Crippen LogP contribution in [0, 0.1) is 11.6 Å². The van der Waals surface area contributed by atoms with Crippen molar-refractivity contribution in [3.05, 3.63) is 23.9 Å². The zero-order valence-corrected chi connectivity index (χ0v) is 7.91. The van der Waals surface area contributed by atoms with Crippen molar-refractivity contribution in [3.8, 4) is 0 Å². The molecule has 1 rings (SSSR count). The number of aromatic nitrogens is 1. The van der Waals surface area contributed by atoms with Crippen LogP contribution in [0.2, 0.25) is 0 Å². The highest BCUT2D eigenvalue weighted by Crippen LogP contribution is 2.09. The zero-order valence-electron chi connectivity index (χ0n) is 7.91. The van der Waals surface area contributed by atoms with Crippen molar-refractivity contribution < 1.29 is 14.0 Å². The molecule has 0 aliphatic rings. The number of anilines is 1. The van der Waals surface area contributed by atoms with Crippen LogP contribution in [0.15, 0.2) is 17.4 Å². The molecule has 0 aromatic carbocycles. The minimum Gasteiger partial charge on any atom is -0.411 e. The van der Waals surface area contributed by atoms with Crippen molar-refractivity contribution in [2.24, 2.45) is 5.16 Å². The normalized spacial score (nSPS) is 13.0. The summed E-state index contributed by atoms with van der Waals surface area (Å²) in [7, 11) is 0. The van der Waals surface area contributed by atoms with Crippen LogP contribution in [0.5, 0.6) is 0 Å². The summed E-state index contributed by atoms with van der Waals surface area (Å²) in [6.45, 7) is 1.66. The van der Waals surface area contributed by atoms with Gasteiger partial charge in [0, 0.05) is 6.07 Å². The molecule has 0 bridgehead atoms. The summed E-state index contributed by atoms with van der Waals surface area (Å²) < 4.78 is 25.5. The van der Waals surface area contributed by atoms with E-state index in [0.717, 1.165) is 6.20 Å². The first-order valence-corrected chi connectivity index (χ1v) is 4.13. The third kappa shape index (κ3) is 3.47. The molecule has 0 saturated heterocycles. The third-order valence-electron chi connectivity index (χ3n) is 1.52. The van der Waals surface area contributed by atoms with Gasteiger partial charge in [0.25, 0.3) is 0 Å². The number of pyridine rings is 1. The first-order chi connectivity index (χ1) is 7.13. The number of rotatable bonds is 4. The summed E-state index contributed by atoms with van der Waals surface area (Å²) >= 11 is 0. The molecule has 7 heteroatoms. The van der Waals surface area contributed by atoms with Crippen molar-refractivity contribution in [3.63, 3.8) is 0 Å². The van der Waals surface area contributed by atoms with Gasteiger partial charge in [-0.25, -0.2) is 19.2 Å². The van der Waals surface area contributed by atoms with Crippen molar-refractivity contribution in [2.45, 2.75) is 13.0 Å². The Hall–Kier alpha value is -1.76. The molecule has 0 aliphatic heterocycles. The second-order valence-electron chi connectivity index (χ2n) is 2.81. The predicted octanol–water partition coefficient (Wildman–Crippen LogP) is 1.12. The van der Waals surface area contributed by atoms with E-state index in [-0.39, 0.29) is 11.9 Å². The molecule has 1 atom stereocenters. The molecule has 0 saturated carbocycles. The highest BCUT2D eigenvalue weighted by molar-refractivity contribution is 5.63. The smallest absolute Gasteiger partial charge is 0.176 e. The van der Waals surface area contributed by atoms with Crippen LogP contribution >= 0.6 is 0 Å². The molecule has 82 valence electrons. The van der Waals surface area contributed by atoms with E-state index in [9.17, 15) is 8.78 Å². The molecule has 5 nitrogen and oxygen atoms in total. The van der Waals surface area contributed by atoms with Gasteiger partial charge in [0.05, 0.1) is 18.5 Å². The number of hydrogen-bond donors (Lipinski definition) is 3. The van der Waals surface area contributed by atoms with Crippen LogP contribution in [0.4, 0.5) is 14.6 Å². The Kier molecular flexibility index (Phi) is 3.92. The van der Waals surface area contributed by atoms with E-state index in [0.29, 0.717) is 6.07 Å². The van der Waals surface area contributed by atoms with Crippen molar-refractivity contribution >= 4 is 12.0 Å². The van der Waals surface area contributed by atoms with Gasteiger partial charge in [-0.05, 0) is 6.92 Å². The monoisotopic (exact) mass is 216 g/mol. The molecule has 1 aromatic heterocycles. The third-order valence-corrected chi connectivity index (χ3v) is 1.52. The van der Waals surface area contributed by atoms with Crippen LogP contribution in [0.3, 0.4) is 0 Å². The Morgan fingerprint density at radius 3 is 2.93 bits per heavy atom. The number of hydrogen-bond acceptors (Lipinski definition) is 5. The van der Waals surface area contributed by atoms with Crippen LogP contribution < -0.4 is 10.9 Å². The average Bonchev–Trinajstić information content (AvgIpc) is 2.17. The number of nitrogens with one attached hydrogen (secondary N) is 2. The van der Waals surface area contributed by atoms with E-state index in [1.807, 2.05) is 0 Å². The molecule has 15 heavy (non-hydrogen) atoms. The fourth-order valence-electron chi connectivity index (χ4n) is 0.826. The fourth-order valence-corrected chi connectivity index (χ4v) is 0.826. The molecule has 1 aromatic rings. The van der Waals surface area contributed by atoms with Gasteiger partial charge in [-0.1, -0.05) is 0 Å². The lowest BCUT2D eigenvalue weighted by Crippen LogP contribution is -2.33. The lowest BCUT2D eigenvalue weighted by atomic mass is 10.4. The summed E-state index contributed by atoms with van der Waals surface area (Å²) in [4.78, 5) is 3.48. The summed E-state index contributed by atoms with van der Waals surface area (Å²) in [5.74, 6) is -1.69. The van der Waals surface area contributed by atoms with Crippen LogP contribution in [-0.4, -0.2) is 22.4 Å². The van der Waals surface area contributed by atoms with Gasteiger partial charge in [-0.3, -0.25) is 0 Å². The van der Waals surface area contributed by atoms with E-state index >= 15 is 0 Å². The molecule has 1 heterocycles. The molecule has 0 amide bonds. The van der Waals surface area contributed by atoms with Gasteiger partial charge < -0.3 is 10.6 Å². The number of hydrazine groups is 1. The summed E-state index contributed by atoms with van der Waals surface area (Å²) in [5.41, 5.74) is 5.00. The maximum atomic E-state index is 13.0.